The molecular formula is C15H11BrCl3NO. The minimum Gasteiger partial charge on any atom is -0.345 e. The molecule has 0 saturated heterocycles. The zero-order valence-corrected chi connectivity index (χ0v) is 14.8. The fourth-order valence-electron chi connectivity index (χ4n) is 1.81. The Morgan fingerprint density at radius 1 is 1.10 bits per heavy atom. The van der Waals surface area contributed by atoms with Crippen molar-refractivity contribution >= 4 is 56.6 Å². The van der Waals surface area contributed by atoms with Crippen LogP contribution in [0.2, 0.25) is 15.1 Å². The van der Waals surface area contributed by atoms with Crippen LogP contribution in [-0.2, 0) is 0 Å². The number of halogens is 4. The zero-order chi connectivity index (χ0) is 15.6. The lowest BCUT2D eigenvalue weighted by atomic mass is 10.1. The van der Waals surface area contributed by atoms with Gasteiger partial charge in [-0.3, -0.25) is 4.79 Å². The summed E-state index contributed by atoms with van der Waals surface area (Å²) in [4.78, 5) is 12.3. The lowest BCUT2D eigenvalue weighted by Crippen LogP contribution is -2.27. The average Bonchev–Trinajstić information content (AvgIpc) is 2.44. The van der Waals surface area contributed by atoms with Crippen molar-refractivity contribution in [2.75, 3.05) is 0 Å². The number of amides is 1. The molecule has 2 nitrogen and oxygen atoms in total. The summed E-state index contributed by atoms with van der Waals surface area (Å²) in [6.45, 7) is 1.87. The maximum absolute atomic E-state index is 12.3. The maximum atomic E-state index is 12.3. The molecule has 2 aromatic rings. The summed E-state index contributed by atoms with van der Waals surface area (Å²) in [7, 11) is 0. The van der Waals surface area contributed by atoms with Crippen molar-refractivity contribution in [2.24, 2.45) is 0 Å². The van der Waals surface area contributed by atoms with Crippen LogP contribution in [0, 0.1) is 0 Å². The third-order valence-electron chi connectivity index (χ3n) is 2.96. The van der Waals surface area contributed by atoms with E-state index >= 15 is 0 Å². The molecule has 0 spiro atoms. The lowest BCUT2D eigenvalue weighted by molar-refractivity contribution is 0.0939. The van der Waals surface area contributed by atoms with Crippen molar-refractivity contribution < 1.29 is 4.79 Å². The van der Waals surface area contributed by atoms with Crippen molar-refractivity contribution in [2.45, 2.75) is 13.0 Å². The first-order valence-electron chi connectivity index (χ1n) is 6.09. The molecule has 1 unspecified atom stereocenters. The Balaban J connectivity index is 2.18. The van der Waals surface area contributed by atoms with Crippen LogP contribution in [0.1, 0.15) is 28.9 Å². The summed E-state index contributed by atoms with van der Waals surface area (Å²) in [6, 6.07) is 10.1. The Kier molecular flexibility index (Phi) is 5.55. The number of carbonyl (C=O) groups is 1. The van der Waals surface area contributed by atoms with Crippen LogP contribution in [0.4, 0.5) is 0 Å². The number of benzene rings is 2. The minimum absolute atomic E-state index is 0.210. The first kappa shape index (κ1) is 16.6. The number of hydrogen-bond acceptors (Lipinski definition) is 1. The molecule has 0 saturated carbocycles. The van der Waals surface area contributed by atoms with Gasteiger partial charge >= 0.3 is 0 Å². The molecule has 1 amide bonds. The van der Waals surface area contributed by atoms with Gasteiger partial charge in [-0.15, -0.1) is 0 Å². The van der Waals surface area contributed by atoms with Crippen LogP contribution < -0.4 is 5.32 Å². The van der Waals surface area contributed by atoms with Crippen LogP contribution in [0.25, 0.3) is 0 Å². The summed E-state index contributed by atoms with van der Waals surface area (Å²) in [5, 5.41) is 4.34. The summed E-state index contributed by atoms with van der Waals surface area (Å²) >= 11 is 21.1. The molecule has 0 aromatic heterocycles. The van der Waals surface area contributed by atoms with Gasteiger partial charge in [0.25, 0.3) is 5.91 Å². The molecule has 2 rings (SSSR count). The highest BCUT2D eigenvalue weighted by Crippen LogP contribution is 2.26. The third kappa shape index (κ3) is 4.13. The Morgan fingerprint density at radius 2 is 1.81 bits per heavy atom. The SMILES string of the molecule is CC(NC(=O)c1cc(Cl)ccc1Br)c1ccc(Cl)c(Cl)c1. The van der Waals surface area contributed by atoms with Crippen molar-refractivity contribution in [3.63, 3.8) is 0 Å². The van der Waals surface area contributed by atoms with Crippen molar-refractivity contribution in [3.8, 4) is 0 Å². The Morgan fingerprint density at radius 3 is 2.48 bits per heavy atom. The molecular weight excluding hydrogens is 396 g/mol. The van der Waals surface area contributed by atoms with E-state index in [9.17, 15) is 4.79 Å². The third-order valence-corrected chi connectivity index (χ3v) is 4.63. The summed E-state index contributed by atoms with van der Waals surface area (Å²) in [5.74, 6) is -0.219. The number of rotatable bonds is 3. The monoisotopic (exact) mass is 405 g/mol. The number of carbonyl (C=O) groups excluding carboxylic acids is 1. The van der Waals surface area contributed by atoms with E-state index in [-0.39, 0.29) is 11.9 Å². The molecule has 21 heavy (non-hydrogen) atoms. The molecule has 0 bridgehead atoms. The zero-order valence-electron chi connectivity index (χ0n) is 11.0. The van der Waals surface area contributed by atoms with Gasteiger partial charge in [0.05, 0.1) is 21.7 Å². The minimum atomic E-state index is -0.219. The summed E-state index contributed by atoms with van der Waals surface area (Å²) in [5.41, 5.74) is 1.35. The Hall–Kier alpha value is -0.740. The van der Waals surface area contributed by atoms with E-state index in [4.69, 9.17) is 34.8 Å². The highest BCUT2D eigenvalue weighted by Gasteiger charge is 2.15. The van der Waals surface area contributed by atoms with Crippen molar-refractivity contribution in [3.05, 3.63) is 67.1 Å². The molecule has 2 aromatic carbocycles. The van der Waals surface area contributed by atoms with Gasteiger partial charge in [0.1, 0.15) is 0 Å². The van der Waals surface area contributed by atoms with E-state index in [1.807, 2.05) is 13.0 Å². The van der Waals surface area contributed by atoms with Crippen molar-refractivity contribution in [1.82, 2.24) is 5.32 Å². The molecule has 6 heteroatoms. The van der Waals surface area contributed by atoms with Crippen LogP contribution in [-0.4, -0.2) is 5.91 Å². The molecule has 0 aliphatic heterocycles. The molecule has 0 heterocycles. The van der Waals surface area contributed by atoms with E-state index < -0.39 is 0 Å². The predicted molar refractivity (Wildman–Crippen MR) is 91.5 cm³/mol. The smallest absolute Gasteiger partial charge is 0.252 e. The van der Waals surface area contributed by atoms with Crippen LogP contribution in [0.5, 0.6) is 0 Å². The fourth-order valence-corrected chi connectivity index (χ4v) is 2.72. The number of nitrogens with one attached hydrogen (secondary N) is 1. The fraction of sp³-hybridized carbons (Fsp3) is 0.133. The molecule has 0 aliphatic rings. The second-order valence-electron chi connectivity index (χ2n) is 4.49. The normalized spacial score (nSPS) is 12.0. The summed E-state index contributed by atoms with van der Waals surface area (Å²) < 4.78 is 0.686. The van der Waals surface area contributed by atoms with Gasteiger partial charge in [0, 0.05) is 9.50 Å². The van der Waals surface area contributed by atoms with Crippen molar-refractivity contribution in [1.29, 1.82) is 0 Å². The highest BCUT2D eigenvalue weighted by atomic mass is 79.9. The van der Waals surface area contributed by atoms with Gasteiger partial charge in [-0.2, -0.15) is 0 Å². The van der Waals surface area contributed by atoms with Gasteiger partial charge in [0.2, 0.25) is 0 Å². The second-order valence-corrected chi connectivity index (χ2v) is 6.60. The molecule has 0 radical (unpaired) electrons. The van der Waals surface area contributed by atoms with Gasteiger partial charge in [-0.25, -0.2) is 0 Å². The van der Waals surface area contributed by atoms with Gasteiger partial charge in [-0.1, -0.05) is 40.9 Å². The van der Waals surface area contributed by atoms with Crippen LogP contribution in [0.3, 0.4) is 0 Å². The first-order chi connectivity index (χ1) is 9.88. The Bertz CT molecular complexity index is 691. The van der Waals surface area contributed by atoms with Gasteiger partial charge in [0.15, 0.2) is 0 Å². The summed E-state index contributed by atoms with van der Waals surface area (Å²) in [6.07, 6.45) is 0. The quantitative estimate of drug-likeness (QED) is 0.674. The lowest BCUT2D eigenvalue weighted by Gasteiger charge is -2.16. The predicted octanol–water partition coefficient (Wildman–Crippen LogP) is 5.90. The van der Waals surface area contributed by atoms with Crippen LogP contribution in [0.15, 0.2) is 40.9 Å². The Labute approximate surface area is 146 Å². The molecule has 110 valence electrons. The van der Waals surface area contributed by atoms with E-state index in [2.05, 4.69) is 21.2 Å². The first-order valence-corrected chi connectivity index (χ1v) is 8.02. The maximum Gasteiger partial charge on any atom is 0.252 e. The van der Waals surface area contributed by atoms with E-state index in [0.29, 0.717) is 25.1 Å². The topological polar surface area (TPSA) is 29.1 Å². The number of hydrogen-bond donors (Lipinski definition) is 1. The van der Waals surface area contributed by atoms with E-state index in [1.54, 1.807) is 30.3 Å². The molecule has 0 fully saturated rings. The van der Waals surface area contributed by atoms with Gasteiger partial charge in [-0.05, 0) is 58.7 Å². The second kappa shape index (κ2) is 7.01. The van der Waals surface area contributed by atoms with E-state index in [1.165, 1.54) is 0 Å². The van der Waals surface area contributed by atoms with E-state index in [0.717, 1.165) is 5.56 Å². The standard InChI is InChI=1S/C15H11BrCl3NO/c1-8(9-2-5-13(18)14(19)6-9)20-15(21)11-7-10(17)3-4-12(11)16/h2-8H,1H3,(H,20,21). The van der Waals surface area contributed by atoms with Gasteiger partial charge < -0.3 is 5.32 Å². The molecule has 0 aliphatic carbocycles. The average molecular weight is 408 g/mol. The highest BCUT2D eigenvalue weighted by molar-refractivity contribution is 9.10. The molecule has 1 N–H and O–H groups in total. The van der Waals surface area contributed by atoms with Crippen LogP contribution >= 0.6 is 50.7 Å². The molecule has 1 atom stereocenters. The largest absolute Gasteiger partial charge is 0.345 e.